The van der Waals surface area contributed by atoms with Crippen molar-refractivity contribution in [3.8, 4) is 5.75 Å². The molecule has 0 spiro atoms. The van der Waals surface area contributed by atoms with Crippen LogP contribution in [0.1, 0.15) is 33.1 Å². The van der Waals surface area contributed by atoms with E-state index < -0.39 is 36.6 Å². The Morgan fingerprint density at radius 1 is 0.968 bits per heavy atom. The van der Waals surface area contributed by atoms with Crippen LogP contribution in [0.5, 0.6) is 5.75 Å². The van der Waals surface area contributed by atoms with Crippen molar-refractivity contribution >= 4 is 25.7 Å². The number of hydrogen-bond donors (Lipinski definition) is 1. The average molecular weight is 475 g/mol. The fourth-order valence-corrected chi connectivity index (χ4v) is 5.94. The highest BCUT2D eigenvalue weighted by molar-refractivity contribution is 7.92. The Labute approximate surface area is 181 Å². The van der Waals surface area contributed by atoms with Crippen molar-refractivity contribution in [2.75, 3.05) is 17.8 Å². The summed E-state index contributed by atoms with van der Waals surface area (Å²) in [5.41, 5.74) is -0.185. The van der Waals surface area contributed by atoms with Crippen molar-refractivity contribution in [3.05, 3.63) is 48.0 Å². The molecule has 1 fully saturated rings. The van der Waals surface area contributed by atoms with Crippen molar-refractivity contribution in [1.82, 2.24) is 4.31 Å². The molecular weight excluding hydrogens is 450 g/mol. The lowest BCUT2D eigenvalue weighted by Gasteiger charge is -2.26. The van der Waals surface area contributed by atoms with Crippen LogP contribution in [0.15, 0.2) is 46.2 Å². The largest absolute Gasteiger partial charge is 0.489 e. The van der Waals surface area contributed by atoms with Crippen LogP contribution >= 0.6 is 0 Å². The molecule has 31 heavy (non-hydrogen) atoms. The molecule has 0 bridgehead atoms. The molecule has 0 amide bonds. The lowest BCUT2D eigenvalue weighted by atomic mass is 10.2. The zero-order valence-electron chi connectivity index (χ0n) is 17.1. The number of rotatable bonds is 7. The molecule has 2 aromatic carbocycles. The summed E-state index contributed by atoms with van der Waals surface area (Å²) in [6, 6.07) is 5.87. The molecule has 0 unspecified atom stereocenters. The Kier molecular flexibility index (Phi) is 6.87. The summed E-state index contributed by atoms with van der Waals surface area (Å²) in [6.07, 6.45) is 2.08. The normalized spacial score (nSPS) is 15.8. The zero-order chi connectivity index (χ0) is 22.8. The van der Waals surface area contributed by atoms with E-state index in [2.05, 4.69) is 4.72 Å². The number of hydrogen-bond acceptors (Lipinski definition) is 5. The van der Waals surface area contributed by atoms with Crippen LogP contribution in [0.25, 0.3) is 0 Å². The molecule has 1 N–H and O–H groups in total. The average Bonchev–Trinajstić information content (AvgIpc) is 2.71. The molecule has 1 heterocycles. The van der Waals surface area contributed by atoms with Crippen LogP contribution in [0.3, 0.4) is 0 Å². The smallest absolute Gasteiger partial charge is 0.265 e. The van der Waals surface area contributed by atoms with Gasteiger partial charge in [0.25, 0.3) is 10.0 Å². The second-order valence-corrected chi connectivity index (χ2v) is 11.1. The maximum Gasteiger partial charge on any atom is 0.265 e. The van der Waals surface area contributed by atoms with Crippen LogP contribution in [0.2, 0.25) is 0 Å². The quantitative estimate of drug-likeness (QED) is 0.660. The van der Waals surface area contributed by atoms with Crippen LogP contribution < -0.4 is 9.46 Å². The maximum atomic E-state index is 14.1. The predicted molar refractivity (Wildman–Crippen MR) is 112 cm³/mol. The number of sulfonamides is 2. The van der Waals surface area contributed by atoms with E-state index in [1.54, 1.807) is 13.8 Å². The summed E-state index contributed by atoms with van der Waals surface area (Å²) in [5.74, 6) is -2.01. The Bertz CT molecular complexity index is 1160. The van der Waals surface area contributed by atoms with Gasteiger partial charge in [-0.1, -0.05) is 6.42 Å². The van der Waals surface area contributed by atoms with Crippen LogP contribution in [-0.2, 0) is 20.0 Å². The number of nitrogens with zero attached hydrogens (tertiary/aromatic N) is 1. The standard InChI is InChI=1S/C20H24F2N2O5S2/c1-14(2)29-19-9-7-16(31(27,28)24-10-4-3-5-11-24)13-18(19)23-30(25,26)20-12-15(21)6-8-17(20)22/h6-9,12-14,23H,3-5,10-11H2,1-2H3. The highest BCUT2D eigenvalue weighted by Crippen LogP contribution is 2.33. The first-order valence-corrected chi connectivity index (χ1v) is 12.7. The molecule has 0 atom stereocenters. The summed E-state index contributed by atoms with van der Waals surface area (Å²) in [6.45, 7) is 4.18. The molecule has 0 radical (unpaired) electrons. The van der Waals surface area contributed by atoms with Crippen LogP contribution in [-0.4, -0.2) is 40.3 Å². The van der Waals surface area contributed by atoms with Crippen molar-refractivity contribution < 1.29 is 30.4 Å². The van der Waals surface area contributed by atoms with Gasteiger partial charge in [0.1, 0.15) is 22.3 Å². The summed E-state index contributed by atoms with van der Waals surface area (Å²) in [4.78, 5) is -1.02. The summed E-state index contributed by atoms with van der Waals surface area (Å²) >= 11 is 0. The third-order valence-corrected chi connectivity index (χ3v) is 7.97. The van der Waals surface area contributed by atoms with Gasteiger partial charge in [-0.2, -0.15) is 4.31 Å². The molecule has 170 valence electrons. The van der Waals surface area contributed by atoms with Crippen molar-refractivity contribution in [2.24, 2.45) is 0 Å². The molecule has 0 aliphatic carbocycles. The predicted octanol–water partition coefficient (Wildman–Crippen LogP) is 3.73. The first-order chi connectivity index (χ1) is 14.5. The van der Waals surface area contributed by atoms with E-state index in [4.69, 9.17) is 4.74 Å². The molecule has 3 rings (SSSR count). The molecule has 11 heteroatoms. The molecule has 1 aliphatic rings. The maximum absolute atomic E-state index is 14.1. The Morgan fingerprint density at radius 2 is 1.65 bits per heavy atom. The Morgan fingerprint density at radius 3 is 2.29 bits per heavy atom. The Hall–Kier alpha value is -2.24. The Balaban J connectivity index is 2.04. The summed E-state index contributed by atoms with van der Waals surface area (Å²) in [5, 5.41) is 0. The van der Waals surface area contributed by atoms with Gasteiger partial charge in [-0.05, 0) is 63.1 Å². The van der Waals surface area contributed by atoms with Gasteiger partial charge in [0.2, 0.25) is 10.0 Å². The molecule has 0 saturated carbocycles. The van der Waals surface area contributed by atoms with Crippen molar-refractivity contribution in [2.45, 2.75) is 49.0 Å². The number of benzene rings is 2. The fourth-order valence-electron chi connectivity index (χ4n) is 3.24. The molecule has 1 aliphatic heterocycles. The fraction of sp³-hybridized carbons (Fsp3) is 0.400. The lowest BCUT2D eigenvalue weighted by Crippen LogP contribution is -2.35. The molecule has 2 aromatic rings. The first-order valence-electron chi connectivity index (χ1n) is 9.79. The monoisotopic (exact) mass is 474 g/mol. The topological polar surface area (TPSA) is 92.8 Å². The first kappa shape index (κ1) is 23.4. The van der Waals surface area contributed by atoms with Crippen LogP contribution in [0, 0.1) is 11.6 Å². The van der Waals surface area contributed by atoms with Crippen molar-refractivity contribution in [1.29, 1.82) is 0 Å². The minimum atomic E-state index is -4.57. The van der Waals surface area contributed by atoms with Gasteiger partial charge >= 0.3 is 0 Å². The number of piperidine rings is 1. The van der Waals surface area contributed by atoms with E-state index in [-0.39, 0.29) is 22.4 Å². The molecule has 0 aromatic heterocycles. The second kappa shape index (κ2) is 9.09. The van der Waals surface area contributed by atoms with E-state index >= 15 is 0 Å². The number of anilines is 1. The second-order valence-electron chi connectivity index (χ2n) is 7.47. The zero-order valence-corrected chi connectivity index (χ0v) is 18.8. The van der Waals surface area contributed by atoms with E-state index in [1.807, 2.05) is 0 Å². The van der Waals surface area contributed by atoms with Gasteiger partial charge in [-0.25, -0.2) is 25.6 Å². The minimum absolute atomic E-state index is 0.0629. The van der Waals surface area contributed by atoms with Crippen molar-refractivity contribution in [3.63, 3.8) is 0 Å². The third kappa shape index (κ3) is 5.34. The number of halogens is 2. The highest BCUT2D eigenvalue weighted by Gasteiger charge is 2.28. The van der Waals surface area contributed by atoms with Gasteiger partial charge in [0.15, 0.2) is 0 Å². The van der Waals surface area contributed by atoms with E-state index in [0.29, 0.717) is 25.2 Å². The van der Waals surface area contributed by atoms with Gasteiger partial charge in [-0.15, -0.1) is 0 Å². The van der Waals surface area contributed by atoms with E-state index in [0.717, 1.165) is 31.4 Å². The van der Waals surface area contributed by atoms with E-state index in [9.17, 15) is 25.6 Å². The summed E-state index contributed by atoms with van der Waals surface area (Å²) in [7, 11) is -8.42. The van der Waals surface area contributed by atoms with Gasteiger partial charge in [-0.3, -0.25) is 4.72 Å². The molecular formula is C20H24F2N2O5S2. The van der Waals surface area contributed by atoms with Gasteiger partial charge in [0, 0.05) is 13.1 Å². The number of nitrogens with one attached hydrogen (secondary N) is 1. The number of ether oxygens (including phenoxy) is 1. The lowest BCUT2D eigenvalue weighted by molar-refractivity contribution is 0.243. The van der Waals surface area contributed by atoms with Crippen LogP contribution in [0.4, 0.5) is 14.5 Å². The minimum Gasteiger partial charge on any atom is -0.489 e. The van der Waals surface area contributed by atoms with Gasteiger partial charge < -0.3 is 4.74 Å². The summed E-state index contributed by atoms with van der Waals surface area (Å²) < 4.78 is 88.2. The SMILES string of the molecule is CC(C)Oc1ccc(S(=O)(=O)N2CCCCC2)cc1NS(=O)(=O)c1cc(F)ccc1F. The van der Waals surface area contributed by atoms with Gasteiger partial charge in [0.05, 0.1) is 16.7 Å². The highest BCUT2D eigenvalue weighted by atomic mass is 32.2. The van der Waals surface area contributed by atoms with E-state index in [1.165, 1.54) is 16.4 Å². The molecule has 7 nitrogen and oxygen atoms in total. The molecule has 1 saturated heterocycles. The third-order valence-electron chi connectivity index (χ3n) is 4.69.